The average Bonchev–Trinajstić information content (AvgIpc) is 1.58. The Morgan fingerprint density at radius 3 is 0.452 bits per heavy atom. The fourth-order valence-corrected chi connectivity index (χ4v) is 16.2. The van der Waals surface area contributed by atoms with Crippen LogP contribution in [0.25, 0.3) is 133 Å². The Morgan fingerprint density at radius 2 is 0.315 bits per heavy atom. The van der Waals surface area contributed by atoms with Gasteiger partial charge in [0.25, 0.3) is 0 Å². The number of rotatable bonds is 16. The van der Waals surface area contributed by atoms with Gasteiger partial charge in [0.1, 0.15) is 46.0 Å². The third-order valence-corrected chi connectivity index (χ3v) is 22.9. The third kappa shape index (κ3) is 19.8. The molecule has 2 aliphatic rings. The molecule has 0 radical (unpaired) electrons. The van der Waals surface area contributed by atoms with Crippen LogP contribution < -0.4 is 47.9 Å². The molecule has 42 heteroatoms. The summed E-state index contributed by atoms with van der Waals surface area (Å²) in [6, 6.07) is 50.1. The van der Waals surface area contributed by atoms with E-state index in [1.807, 2.05) is 0 Å². The summed E-state index contributed by atoms with van der Waals surface area (Å²) in [5, 5.41) is 0.917. The SMILES string of the molecule is FC(F)(F)c1cccc(Oc2cc3cc4c(cc3cc2Oc2cccc(C(F)(F)F)c2)-c2nc-4nc3[n-]c(nc4nc(nc5[n-]c(n2)c2cc6cc(Oc7cccc(C(F)(F)F)c7)c(Oc7cccc(C(F)(F)F)c7)cc6cc52)-c2cc5cc(Oc6cccc(C(F)(F)F)c6)c(Oc6cccc(C(F)(F)F)c6)cc5cc2-4)c2cc4cc(Oc5cccc(C(F)(F)F)c5)c(Oc5cccc(C(F)(F)F)c5)cc4cc32)c1.[O]=[V+2]. The second-order valence-corrected chi connectivity index (χ2v) is 32.7. The number of benzene rings is 16. The first-order valence-corrected chi connectivity index (χ1v) is 42.9. The van der Waals surface area contributed by atoms with E-state index in [4.69, 9.17) is 81.4 Å². The van der Waals surface area contributed by atoms with Crippen LogP contribution in [0.5, 0.6) is 92.0 Å². The Hall–Kier alpha value is -17.0. The summed E-state index contributed by atoms with van der Waals surface area (Å²) in [4.78, 5) is 40.7. The number of hydrogen-bond donors (Lipinski definition) is 0. The number of ether oxygens (including phenoxy) is 8. The van der Waals surface area contributed by atoms with Gasteiger partial charge in [0.05, 0.1) is 67.8 Å². The van der Waals surface area contributed by atoms with Gasteiger partial charge >= 0.3 is 70.5 Å². The van der Waals surface area contributed by atoms with Crippen molar-refractivity contribution in [2.75, 3.05) is 0 Å². The quantitative estimate of drug-likeness (QED) is 0.0827. The summed E-state index contributed by atoms with van der Waals surface area (Å²) < 4.78 is 405. The van der Waals surface area contributed by atoms with E-state index in [1.165, 1.54) is 97.1 Å². The molecule has 0 saturated carbocycles. The van der Waals surface area contributed by atoms with Crippen LogP contribution in [-0.4, -0.2) is 29.9 Å². The predicted molar refractivity (Wildman–Crippen MR) is 477 cm³/mol. The van der Waals surface area contributed by atoms with Gasteiger partial charge in [-0.2, -0.15) is 105 Å². The molecule has 5 heterocycles. The molecular weight excluding hydrogens is 2010 g/mol. The Balaban J connectivity index is 0.00000644. The van der Waals surface area contributed by atoms with E-state index < -0.39 is 186 Å². The Morgan fingerprint density at radius 1 is 0.178 bits per heavy atom. The number of alkyl halides is 24. The second kappa shape index (κ2) is 36.2. The normalized spacial score (nSPS) is 12.6. The molecule has 0 saturated heterocycles. The van der Waals surface area contributed by atoms with Crippen LogP contribution in [0.3, 0.4) is 0 Å². The van der Waals surface area contributed by atoms with Crippen LogP contribution in [0, 0.1) is 0 Å². The molecule has 16 aromatic carbocycles. The van der Waals surface area contributed by atoms with Gasteiger partial charge in [-0.15, -0.1) is 0 Å². The molecule has 0 unspecified atom stereocenters. The molecule has 21 rings (SSSR count). The third-order valence-electron chi connectivity index (χ3n) is 22.9. The van der Waals surface area contributed by atoms with E-state index in [-0.39, 0.29) is 133 Å². The number of aromatic nitrogens is 8. The van der Waals surface area contributed by atoms with Gasteiger partial charge in [-0.05, 0) is 307 Å². The van der Waals surface area contributed by atoms with Crippen LogP contribution in [-0.2, 0) is 70.5 Å². The maximum atomic E-state index is 14.5. The summed E-state index contributed by atoms with van der Waals surface area (Å²) in [7, 11) is 0. The van der Waals surface area contributed by atoms with Gasteiger partial charge in [-0.25, -0.2) is 9.97 Å². The fraction of sp³-hybridized carbons (Fsp3) is 0.0769. The topological polar surface area (TPSA) is 196 Å². The van der Waals surface area contributed by atoms with Gasteiger partial charge in [-0.3, -0.25) is 0 Å². The molecule has 17 nitrogen and oxygen atoms in total. The van der Waals surface area contributed by atoms with E-state index in [0.29, 0.717) is 48.5 Å². The van der Waals surface area contributed by atoms with Crippen LogP contribution in [0.2, 0.25) is 0 Å². The predicted octanol–water partition coefficient (Wildman–Crippen LogP) is 33.1. The molecule has 0 amide bonds. The average molecular weight is 2060 g/mol. The van der Waals surface area contributed by atoms with E-state index in [1.54, 1.807) is 0 Å². The Labute approximate surface area is 810 Å². The van der Waals surface area contributed by atoms with Crippen molar-refractivity contribution in [3.8, 4) is 138 Å². The number of fused-ring (bicyclic) bond motifs is 24. The second-order valence-electron chi connectivity index (χ2n) is 32.7. The summed E-state index contributed by atoms with van der Waals surface area (Å²) in [6.07, 6.45) is -39.5. The van der Waals surface area contributed by atoms with Crippen LogP contribution in [0.1, 0.15) is 44.5 Å². The zero-order valence-electron chi connectivity index (χ0n) is 72.5. The van der Waals surface area contributed by atoms with Crippen LogP contribution >= 0.6 is 0 Å². The van der Waals surface area contributed by atoms with E-state index >= 15 is 0 Å². The monoisotopic (exact) mass is 2060 g/mol. The number of nitrogens with zero attached hydrogens (tertiary/aromatic N) is 8. The first-order chi connectivity index (χ1) is 69.2. The van der Waals surface area contributed by atoms with Crippen molar-refractivity contribution in [2.24, 2.45) is 0 Å². The fourth-order valence-electron chi connectivity index (χ4n) is 16.2. The van der Waals surface area contributed by atoms with Crippen molar-refractivity contribution >= 4 is 87.2 Å². The van der Waals surface area contributed by atoms with Crippen molar-refractivity contribution in [1.82, 2.24) is 39.9 Å². The van der Waals surface area contributed by atoms with Crippen LogP contribution in [0.15, 0.2) is 291 Å². The molecule has 3 aromatic heterocycles. The van der Waals surface area contributed by atoms with Gasteiger partial charge in [0.15, 0.2) is 46.0 Å². The molecule has 19 aromatic rings. The summed E-state index contributed by atoms with van der Waals surface area (Å²) in [5.74, 6) is -8.05. The molecule has 731 valence electrons. The van der Waals surface area contributed by atoms with Gasteiger partial charge in [0.2, 0.25) is 0 Å². The van der Waals surface area contributed by atoms with Gasteiger partial charge in [-0.1, -0.05) is 48.5 Å². The Bertz CT molecular complexity index is 7760. The van der Waals surface area contributed by atoms with Crippen molar-refractivity contribution in [1.29, 1.82) is 0 Å². The summed E-state index contributed by atoms with van der Waals surface area (Å²) >= 11 is 1.06. The van der Waals surface area contributed by atoms with Crippen molar-refractivity contribution < 1.29 is 164 Å². The summed E-state index contributed by atoms with van der Waals surface area (Å²) in [5.41, 5.74) is -10.6. The standard InChI is InChI=1S/C104H48F24N8O8.O.V/c105-97(106,107)57-9-1-17-65(41-57)137-81-33-49-25-73-74(26-50(49)34-82(81)138-66-18-2-10-58(42-66)98(108,109)110)90-129-89(73)133-91-75-27-51-35-83(139-67-19-3-11-59(43-67)99(111,112)113)84(140-68-20-4-12-60(44-68)100(114,115)116)36-52(51)28-76(75)93(130-91)135-95-79-31-55-39-87(143-71-23-7-15-63(47-71)103(123,124)125)88(144-72-24-8-16-64(48-72)104(126,127)128)40-56(55)32-80(79)96(132-95)136-94-78-30-54-38-86(142-70-22-6-14-62(46-70)102(120,121)122)85(37-53(54)29-77(78)92(131-94)134-90)141-69-21-5-13-61(45-69)101(117,118)119;;/h1-48H;;/q-2;;+2. The maximum absolute atomic E-state index is 14.5. The summed E-state index contributed by atoms with van der Waals surface area (Å²) in [6.45, 7) is 0. The molecule has 0 fully saturated rings. The van der Waals surface area contributed by atoms with Gasteiger partial charge in [0, 0.05) is 44.8 Å². The zero-order chi connectivity index (χ0) is 103. The molecule has 0 aliphatic carbocycles. The van der Waals surface area contributed by atoms with E-state index in [9.17, 15) is 105 Å². The minimum atomic E-state index is -4.94. The first-order valence-electron chi connectivity index (χ1n) is 42.4. The molecule has 0 spiro atoms. The van der Waals surface area contributed by atoms with Crippen molar-refractivity contribution in [3.63, 3.8) is 0 Å². The number of hydrogen-bond acceptors (Lipinski definition) is 15. The van der Waals surface area contributed by atoms with Crippen molar-refractivity contribution in [2.45, 2.75) is 49.4 Å². The van der Waals surface area contributed by atoms with Crippen LogP contribution in [0.4, 0.5) is 105 Å². The first kappa shape index (κ1) is 96.5. The van der Waals surface area contributed by atoms with E-state index in [0.717, 1.165) is 163 Å². The minimum absolute atomic E-state index is 0.0150. The van der Waals surface area contributed by atoms with E-state index in [2.05, 4.69) is 0 Å². The molecule has 146 heavy (non-hydrogen) atoms. The molecule has 0 atom stereocenters. The zero-order valence-corrected chi connectivity index (χ0v) is 73.9. The molecule has 8 bridgehead atoms. The molecular formula is C104H48F24N8O9V. The molecule has 2 aliphatic heterocycles. The molecule has 0 N–H and O–H groups in total. The Kier molecular flexibility index (Phi) is 23.9. The van der Waals surface area contributed by atoms with Gasteiger partial charge < -0.3 is 67.8 Å². The number of halogens is 24. The van der Waals surface area contributed by atoms with Crippen molar-refractivity contribution in [3.05, 3.63) is 336 Å².